The van der Waals surface area contributed by atoms with Crippen molar-refractivity contribution in [2.45, 2.75) is 13.3 Å². The van der Waals surface area contributed by atoms with Crippen molar-refractivity contribution in [1.29, 1.82) is 0 Å². The van der Waals surface area contributed by atoms with E-state index in [0.29, 0.717) is 34.5 Å². The topological polar surface area (TPSA) is 73.6 Å². The largest absolute Gasteiger partial charge is 0.454 e. The van der Waals surface area contributed by atoms with Crippen LogP contribution in [0.15, 0.2) is 46.9 Å². The molecule has 0 bridgehead atoms. The predicted molar refractivity (Wildman–Crippen MR) is 91.5 cm³/mol. The number of fused-ring (bicyclic) bond motifs is 1. The van der Waals surface area contributed by atoms with Crippen LogP contribution in [0.25, 0.3) is 11.5 Å². The maximum absolute atomic E-state index is 13.2. The fourth-order valence-corrected chi connectivity index (χ4v) is 2.67. The number of carbonyl (C=O) groups is 1. The lowest BCUT2D eigenvalue weighted by atomic mass is 10.2. The van der Waals surface area contributed by atoms with Crippen molar-refractivity contribution >= 4 is 11.6 Å². The fraction of sp³-hybridized carbons (Fsp3) is 0.158. The SMILES string of the molecule is Cc1oc(-c2ccc3c(c2)OCO3)nc1CC(=O)Nc1cccc(F)c1. The molecule has 132 valence electrons. The lowest BCUT2D eigenvalue weighted by Crippen LogP contribution is -2.15. The van der Waals surface area contributed by atoms with Crippen molar-refractivity contribution in [2.75, 3.05) is 12.1 Å². The number of rotatable bonds is 4. The van der Waals surface area contributed by atoms with Crippen molar-refractivity contribution in [1.82, 2.24) is 4.98 Å². The van der Waals surface area contributed by atoms with Crippen LogP contribution >= 0.6 is 0 Å². The Balaban J connectivity index is 1.50. The minimum Gasteiger partial charge on any atom is -0.454 e. The van der Waals surface area contributed by atoms with Crippen molar-refractivity contribution in [3.05, 3.63) is 59.7 Å². The Kier molecular flexibility index (Phi) is 4.04. The van der Waals surface area contributed by atoms with Crippen LogP contribution in [0.3, 0.4) is 0 Å². The number of aromatic nitrogens is 1. The number of aryl methyl sites for hydroxylation is 1. The molecule has 0 unspecified atom stereocenters. The molecule has 1 amide bonds. The Bertz CT molecular complexity index is 983. The Morgan fingerprint density at radius 1 is 1.19 bits per heavy atom. The summed E-state index contributed by atoms with van der Waals surface area (Å²) in [7, 11) is 0. The number of anilines is 1. The second kappa shape index (κ2) is 6.51. The lowest BCUT2D eigenvalue weighted by molar-refractivity contribution is -0.115. The first kappa shape index (κ1) is 16.1. The Morgan fingerprint density at radius 2 is 2.04 bits per heavy atom. The molecule has 2 heterocycles. The van der Waals surface area contributed by atoms with Gasteiger partial charge in [0.05, 0.1) is 12.1 Å². The average molecular weight is 354 g/mol. The molecule has 0 saturated carbocycles. The van der Waals surface area contributed by atoms with Gasteiger partial charge in [-0.3, -0.25) is 4.79 Å². The summed E-state index contributed by atoms with van der Waals surface area (Å²) in [5, 5.41) is 2.64. The summed E-state index contributed by atoms with van der Waals surface area (Å²) in [5.74, 6) is 1.53. The third-order valence-corrected chi connectivity index (χ3v) is 3.95. The maximum atomic E-state index is 13.2. The van der Waals surface area contributed by atoms with E-state index in [1.165, 1.54) is 18.2 Å². The molecule has 0 radical (unpaired) electrons. The van der Waals surface area contributed by atoms with Crippen LogP contribution in [-0.4, -0.2) is 17.7 Å². The Labute approximate surface area is 148 Å². The number of oxazole rings is 1. The molecule has 0 spiro atoms. The van der Waals surface area contributed by atoms with E-state index in [9.17, 15) is 9.18 Å². The molecule has 0 fully saturated rings. The van der Waals surface area contributed by atoms with Crippen molar-refractivity contribution in [3.8, 4) is 23.0 Å². The van der Waals surface area contributed by atoms with Crippen LogP contribution in [0.1, 0.15) is 11.5 Å². The van der Waals surface area contributed by atoms with Gasteiger partial charge in [-0.05, 0) is 43.3 Å². The monoisotopic (exact) mass is 354 g/mol. The standard InChI is InChI=1S/C19H15FN2O4/c1-11-15(9-18(23)21-14-4-2-3-13(20)8-14)22-19(26-11)12-5-6-16-17(7-12)25-10-24-16/h2-8H,9-10H2,1H3,(H,21,23). The van der Waals surface area contributed by atoms with Crippen LogP contribution in [0.4, 0.5) is 10.1 Å². The number of benzene rings is 2. The van der Waals surface area contributed by atoms with E-state index in [-0.39, 0.29) is 19.1 Å². The number of ether oxygens (including phenoxy) is 2. The summed E-state index contributed by atoms with van der Waals surface area (Å²) in [5.41, 5.74) is 1.65. The first-order valence-corrected chi connectivity index (χ1v) is 8.00. The third-order valence-electron chi connectivity index (χ3n) is 3.95. The molecule has 0 saturated heterocycles. The zero-order chi connectivity index (χ0) is 18.1. The quantitative estimate of drug-likeness (QED) is 0.773. The Morgan fingerprint density at radius 3 is 2.88 bits per heavy atom. The van der Waals surface area contributed by atoms with E-state index < -0.39 is 5.82 Å². The van der Waals surface area contributed by atoms with E-state index in [1.54, 1.807) is 25.1 Å². The highest BCUT2D eigenvalue weighted by molar-refractivity contribution is 5.92. The van der Waals surface area contributed by atoms with Gasteiger partial charge < -0.3 is 19.2 Å². The summed E-state index contributed by atoms with van der Waals surface area (Å²) in [6.45, 7) is 1.93. The van der Waals surface area contributed by atoms with Gasteiger partial charge in [-0.2, -0.15) is 0 Å². The summed E-state index contributed by atoms with van der Waals surface area (Å²) < 4.78 is 29.5. The first-order valence-electron chi connectivity index (χ1n) is 8.00. The third kappa shape index (κ3) is 3.23. The highest BCUT2D eigenvalue weighted by atomic mass is 19.1. The van der Waals surface area contributed by atoms with E-state index in [1.807, 2.05) is 6.07 Å². The van der Waals surface area contributed by atoms with Crippen LogP contribution in [0, 0.1) is 12.7 Å². The van der Waals surface area contributed by atoms with E-state index >= 15 is 0 Å². The van der Waals surface area contributed by atoms with E-state index in [0.717, 1.165) is 5.56 Å². The van der Waals surface area contributed by atoms with Crippen LogP contribution < -0.4 is 14.8 Å². The molecule has 1 aliphatic heterocycles. The van der Waals surface area contributed by atoms with Crippen LogP contribution in [0.2, 0.25) is 0 Å². The normalized spacial score (nSPS) is 12.2. The van der Waals surface area contributed by atoms with Gasteiger partial charge in [0.2, 0.25) is 18.6 Å². The zero-order valence-corrected chi connectivity index (χ0v) is 13.9. The molecule has 26 heavy (non-hydrogen) atoms. The second-order valence-corrected chi connectivity index (χ2v) is 5.83. The van der Waals surface area contributed by atoms with Gasteiger partial charge in [0, 0.05) is 11.3 Å². The summed E-state index contributed by atoms with van der Waals surface area (Å²) in [6.07, 6.45) is 0.0242. The molecule has 2 aromatic carbocycles. The number of halogens is 1. The average Bonchev–Trinajstić information content (AvgIpc) is 3.21. The maximum Gasteiger partial charge on any atom is 0.231 e. The highest BCUT2D eigenvalue weighted by Gasteiger charge is 2.18. The number of nitrogens with zero attached hydrogens (tertiary/aromatic N) is 1. The molecule has 1 aromatic heterocycles. The van der Waals surface area contributed by atoms with Gasteiger partial charge in [-0.15, -0.1) is 0 Å². The second-order valence-electron chi connectivity index (χ2n) is 5.83. The molecule has 1 aliphatic rings. The first-order chi connectivity index (χ1) is 12.6. The van der Waals surface area contributed by atoms with Gasteiger partial charge in [0.15, 0.2) is 11.5 Å². The van der Waals surface area contributed by atoms with Crippen molar-refractivity contribution < 1.29 is 23.1 Å². The molecule has 1 N–H and O–H groups in total. The van der Waals surface area contributed by atoms with Crippen molar-refractivity contribution in [2.24, 2.45) is 0 Å². The number of hydrogen-bond acceptors (Lipinski definition) is 5. The zero-order valence-electron chi connectivity index (χ0n) is 13.9. The Hall–Kier alpha value is -3.35. The van der Waals surface area contributed by atoms with E-state index in [4.69, 9.17) is 13.9 Å². The van der Waals surface area contributed by atoms with Crippen LogP contribution in [0.5, 0.6) is 11.5 Å². The van der Waals surface area contributed by atoms with Crippen LogP contribution in [-0.2, 0) is 11.2 Å². The molecule has 0 atom stereocenters. The molecule has 7 heteroatoms. The molecule has 6 nitrogen and oxygen atoms in total. The minimum atomic E-state index is -0.412. The van der Waals surface area contributed by atoms with Gasteiger partial charge in [0.1, 0.15) is 11.6 Å². The summed E-state index contributed by atoms with van der Waals surface area (Å²) >= 11 is 0. The molecule has 0 aliphatic carbocycles. The van der Waals surface area contributed by atoms with Gasteiger partial charge in [0.25, 0.3) is 0 Å². The van der Waals surface area contributed by atoms with Gasteiger partial charge in [-0.1, -0.05) is 6.07 Å². The summed E-state index contributed by atoms with van der Waals surface area (Å²) in [6, 6.07) is 11.1. The van der Waals surface area contributed by atoms with Crippen molar-refractivity contribution in [3.63, 3.8) is 0 Å². The number of hydrogen-bond donors (Lipinski definition) is 1. The molecular weight excluding hydrogens is 339 g/mol. The molecule has 4 rings (SSSR count). The smallest absolute Gasteiger partial charge is 0.231 e. The number of carbonyl (C=O) groups excluding carboxylic acids is 1. The fourth-order valence-electron chi connectivity index (χ4n) is 2.67. The lowest BCUT2D eigenvalue weighted by Gasteiger charge is -2.03. The highest BCUT2D eigenvalue weighted by Crippen LogP contribution is 2.36. The predicted octanol–water partition coefficient (Wildman–Crippen LogP) is 3.70. The van der Waals surface area contributed by atoms with Gasteiger partial charge >= 0.3 is 0 Å². The van der Waals surface area contributed by atoms with E-state index in [2.05, 4.69) is 10.3 Å². The number of nitrogens with one attached hydrogen (secondary N) is 1. The molecular formula is C19H15FN2O4. The molecule has 3 aromatic rings. The number of amides is 1. The summed E-state index contributed by atoms with van der Waals surface area (Å²) in [4.78, 5) is 16.6. The van der Waals surface area contributed by atoms with Gasteiger partial charge in [-0.25, -0.2) is 9.37 Å². The minimum absolute atomic E-state index is 0.0242.